The van der Waals surface area contributed by atoms with E-state index in [1.165, 1.54) is 25.7 Å². The molecular formula is C16H30N2O. The fourth-order valence-electron chi connectivity index (χ4n) is 3.01. The SMILES string of the molecule is CCCCCCC(C)OCCC1CCCC1(N)C#N. The Labute approximate surface area is 118 Å². The van der Waals surface area contributed by atoms with Gasteiger partial charge in [-0.2, -0.15) is 5.26 Å². The van der Waals surface area contributed by atoms with Crippen molar-refractivity contribution in [3.63, 3.8) is 0 Å². The van der Waals surface area contributed by atoms with Gasteiger partial charge in [0.25, 0.3) is 0 Å². The molecule has 2 N–H and O–H groups in total. The van der Waals surface area contributed by atoms with Crippen molar-refractivity contribution in [2.24, 2.45) is 11.7 Å². The second-order valence-electron chi connectivity index (χ2n) is 6.06. The Morgan fingerprint density at radius 2 is 2.21 bits per heavy atom. The van der Waals surface area contributed by atoms with Crippen molar-refractivity contribution in [3.8, 4) is 6.07 Å². The minimum absolute atomic E-state index is 0.324. The third-order valence-electron chi connectivity index (χ3n) is 4.41. The third kappa shape index (κ3) is 5.50. The molecule has 3 atom stereocenters. The lowest BCUT2D eigenvalue weighted by molar-refractivity contribution is 0.0469. The Morgan fingerprint density at radius 3 is 2.89 bits per heavy atom. The minimum Gasteiger partial charge on any atom is -0.378 e. The van der Waals surface area contributed by atoms with Crippen LogP contribution in [-0.4, -0.2) is 18.2 Å². The topological polar surface area (TPSA) is 59.0 Å². The second-order valence-corrected chi connectivity index (χ2v) is 6.06. The monoisotopic (exact) mass is 266 g/mol. The number of hydrogen-bond acceptors (Lipinski definition) is 3. The lowest BCUT2D eigenvalue weighted by Gasteiger charge is -2.24. The fraction of sp³-hybridized carbons (Fsp3) is 0.938. The molecule has 1 fully saturated rings. The molecule has 0 radical (unpaired) electrons. The largest absolute Gasteiger partial charge is 0.378 e. The first-order valence-electron chi connectivity index (χ1n) is 7.94. The first kappa shape index (κ1) is 16.5. The Bertz CT molecular complexity index is 287. The van der Waals surface area contributed by atoms with Gasteiger partial charge >= 0.3 is 0 Å². The molecule has 0 amide bonds. The lowest BCUT2D eigenvalue weighted by Crippen LogP contribution is -2.42. The van der Waals surface area contributed by atoms with Gasteiger partial charge in [0, 0.05) is 6.61 Å². The highest BCUT2D eigenvalue weighted by atomic mass is 16.5. The van der Waals surface area contributed by atoms with Gasteiger partial charge in [-0.15, -0.1) is 0 Å². The molecule has 0 aliphatic heterocycles. The molecule has 0 heterocycles. The molecule has 19 heavy (non-hydrogen) atoms. The van der Waals surface area contributed by atoms with Gasteiger partial charge < -0.3 is 10.5 Å². The summed E-state index contributed by atoms with van der Waals surface area (Å²) in [6.07, 6.45) is 10.6. The highest BCUT2D eigenvalue weighted by molar-refractivity contribution is 5.11. The minimum atomic E-state index is -0.590. The summed E-state index contributed by atoms with van der Waals surface area (Å²) in [5.41, 5.74) is 5.53. The van der Waals surface area contributed by atoms with E-state index in [1.807, 2.05) is 0 Å². The van der Waals surface area contributed by atoms with E-state index in [0.29, 0.717) is 12.0 Å². The van der Waals surface area contributed by atoms with Crippen LogP contribution in [0.1, 0.15) is 71.6 Å². The summed E-state index contributed by atoms with van der Waals surface area (Å²) in [6.45, 7) is 5.14. The maximum absolute atomic E-state index is 9.16. The van der Waals surface area contributed by atoms with Gasteiger partial charge in [-0.3, -0.25) is 0 Å². The van der Waals surface area contributed by atoms with Crippen LogP contribution in [0.25, 0.3) is 0 Å². The van der Waals surface area contributed by atoms with Gasteiger partial charge in [0.15, 0.2) is 0 Å². The van der Waals surface area contributed by atoms with E-state index in [1.54, 1.807) is 0 Å². The zero-order valence-corrected chi connectivity index (χ0v) is 12.7. The summed E-state index contributed by atoms with van der Waals surface area (Å²) < 4.78 is 5.86. The third-order valence-corrected chi connectivity index (χ3v) is 4.41. The summed E-state index contributed by atoms with van der Waals surface area (Å²) in [4.78, 5) is 0. The smallest absolute Gasteiger partial charge is 0.107 e. The summed E-state index contributed by atoms with van der Waals surface area (Å²) >= 11 is 0. The van der Waals surface area contributed by atoms with Crippen LogP contribution in [0, 0.1) is 17.2 Å². The summed E-state index contributed by atoms with van der Waals surface area (Å²) in [6, 6.07) is 2.30. The highest BCUT2D eigenvalue weighted by Crippen LogP contribution is 2.35. The van der Waals surface area contributed by atoms with Crippen molar-refractivity contribution >= 4 is 0 Å². The van der Waals surface area contributed by atoms with Crippen LogP contribution < -0.4 is 5.73 Å². The van der Waals surface area contributed by atoms with Gasteiger partial charge in [-0.25, -0.2) is 0 Å². The summed E-state index contributed by atoms with van der Waals surface area (Å²) in [5.74, 6) is 0.324. The molecule has 0 aromatic carbocycles. The molecular weight excluding hydrogens is 236 g/mol. The lowest BCUT2D eigenvalue weighted by atomic mass is 9.87. The normalized spacial score (nSPS) is 28.2. The van der Waals surface area contributed by atoms with Crippen LogP contribution in [0.4, 0.5) is 0 Å². The molecule has 110 valence electrons. The van der Waals surface area contributed by atoms with Crippen LogP contribution in [0.3, 0.4) is 0 Å². The van der Waals surface area contributed by atoms with Crippen molar-refractivity contribution in [2.45, 2.75) is 83.3 Å². The zero-order chi connectivity index (χ0) is 14.1. The molecule has 0 aromatic heterocycles. The molecule has 0 spiro atoms. The number of nitriles is 1. The maximum Gasteiger partial charge on any atom is 0.107 e. The van der Waals surface area contributed by atoms with E-state index in [0.717, 1.165) is 38.7 Å². The van der Waals surface area contributed by atoms with Crippen molar-refractivity contribution in [2.75, 3.05) is 6.61 Å². The van der Waals surface area contributed by atoms with Crippen molar-refractivity contribution in [3.05, 3.63) is 0 Å². The molecule has 1 aliphatic rings. The maximum atomic E-state index is 9.16. The van der Waals surface area contributed by atoms with E-state index in [9.17, 15) is 0 Å². The predicted molar refractivity (Wildman–Crippen MR) is 78.7 cm³/mol. The molecule has 3 unspecified atom stereocenters. The number of hydrogen-bond donors (Lipinski definition) is 1. The summed E-state index contributed by atoms with van der Waals surface area (Å²) in [7, 11) is 0. The molecule has 1 aliphatic carbocycles. The molecule has 1 saturated carbocycles. The number of unbranched alkanes of at least 4 members (excludes halogenated alkanes) is 3. The number of rotatable bonds is 9. The number of nitrogens with two attached hydrogens (primary N) is 1. The van der Waals surface area contributed by atoms with E-state index in [-0.39, 0.29) is 0 Å². The van der Waals surface area contributed by atoms with Crippen LogP contribution in [0.2, 0.25) is 0 Å². The van der Waals surface area contributed by atoms with Crippen molar-refractivity contribution in [1.82, 2.24) is 0 Å². The quantitative estimate of drug-likeness (QED) is 0.646. The van der Waals surface area contributed by atoms with E-state index >= 15 is 0 Å². The summed E-state index contributed by atoms with van der Waals surface area (Å²) in [5, 5.41) is 9.16. The van der Waals surface area contributed by atoms with Crippen LogP contribution in [0.5, 0.6) is 0 Å². The van der Waals surface area contributed by atoms with Gasteiger partial charge in [-0.1, -0.05) is 39.0 Å². The molecule has 0 saturated heterocycles. The Balaban J connectivity index is 2.11. The Morgan fingerprint density at radius 1 is 1.42 bits per heavy atom. The van der Waals surface area contributed by atoms with Crippen molar-refractivity contribution in [1.29, 1.82) is 5.26 Å². The average molecular weight is 266 g/mol. The molecule has 0 bridgehead atoms. The van der Waals surface area contributed by atoms with Crippen LogP contribution >= 0.6 is 0 Å². The Hall–Kier alpha value is -0.590. The van der Waals surface area contributed by atoms with E-state index < -0.39 is 5.54 Å². The van der Waals surface area contributed by atoms with Crippen LogP contribution in [-0.2, 0) is 4.74 Å². The predicted octanol–water partition coefficient (Wildman–Crippen LogP) is 3.77. The second kappa shape index (κ2) is 8.55. The fourth-order valence-corrected chi connectivity index (χ4v) is 3.01. The Kier molecular flexibility index (Phi) is 7.41. The zero-order valence-electron chi connectivity index (χ0n) is 12.7. The highest BCUT2D eigenvalue weighted by Gasteiger charge is 2.39. The standard InChI is InChI=1S/C16H30N2O/c1-3-4-5-6-8-14(2)19-12-10-15-9-7-11-16(15,18)13-17/h14-15H,3-12,18H2,1-2H3. The average Bonchev–Trinajstić information content (AvgIpc) is 2.77. The van der Waals surface area contributed by atoms with Gasteiger partial charge in [-0.05, 0) is 38.5 Å². The first-order valence-corrected chi connectivity index (χ1v) is 7.94. The molecule has 1 rings (SSSR count). The van der Waals surface area contributed by atoms with Crippen molar-refractivity contribution < 1.29 is 4.74 Å². The molecule has 3 nitrogen and oxygen atoms in total. The van der Waals surface area contributed by atoms with Gasteiger partial charge in [0.05, 0.1) is 12.2 Å². The van der Waals surface area contributed by atoms with Crippen LogP contribution in [0.15, 0.2) is 0 Å². The molecule has 3 heteroatoms. The van der Waals surface area contributed by atoms with Gasteiger partial charge in [0.1, 0.15) is 5.54 Å². The van der Waals surface area contributed by atoms with E-state index in [4.69, 9.17) is 15.7 Å². The van der Waals surface area contributed by atoms with Gasteiger partial charge in [0.2, 0.25) is 0 Å². The van der Waals surface area contributed by atoms with E-state index in [2.05, 4.69) is 19.9 Å². The molecule has 0 aromatic rings. The number of nitrogens with zero attached hydrogens (tertiary/aromatic N) is 1. The first-order chi connectivity index (χ1) is 9.12. The number of ether oxygens (including phenoxy) is 1.